The molecule has 1 fully saturated rings. The monoisotopic (exact) mass is 327 g/mol. The van der Waals surface area contributed by atoms with Crippen LogP contribution in [0.1, 0.15) is 6.42 Å². The molecule has 1 heterocycles. The van der Waals surface area contributed by atoms with E-state index in [0.717, 1.165) is 0 Å². The number of anilines is 1. The van der Waals surface area contributed by atoms with E-state index in [0.29, 0.717) is 0 Å². The fourth-order valence-electron chi connectivity index (χ4n) is 2.01. The molecule has 1 aliphatic heterocycles. The van der Waals surface area contributed by atoms with Crippen molar-refractivity contribution in [2.45, 2.75) is 12.5 Å². The third kappa shape index (κ3) is 4.01. The number of nitro groups is 1. The van der Waals surface area contributed by atoms with E-state index in [9.17, 15) is 28.1 Å². The molecule has 0 aromatic heterocycles. The molecule has 1 unspecified atom stereocenters. The molecule has 2 N–H and O–H groups in total. The van der Waals surface area contributed by atoms with E-state index in [1.54, 1.807) is 0 Å². The van der Waals surface area contributed by atoms with E-state index in [4.69, 9.17) is 0 Å². The van der Waals surface area contributed by atoms with Gasteiger partial charge in [-0.15, -0.1) is 0 Å². The SMILES string of the molecule is O=C(Nc1ccc([N+](=O)[O-])cc1)C(=O)NC1CCS(=O)(=O)C1. The van der Waals surface area contributed by atoms with Gasteiger partial charge in [0, 0.05) is 23.9 Å². The van der Waals surface area contributed by atoms with Crippen LogP contribution in [0.15, 0.2) is 24.3 Å². The maximum absolute atomic E-state index is 11.7. The van der Waals surface area contributed by atoms with Gasteiger partial charge in [-0.05, 0) is 18.6 Å². The van der Waals surface area contributed by atoms with Gasteiger partial charge in [-0.2, -0.15) is 0 Å². The highest BCUT2D eigenvalue weighted by Crippen LogP contribution is 2.15. The molecule has 118 valence electrons. The van der Waals surface area contributed by atoms with Gasteiger partial charge in [0.2, 0.25) is 0 Å². The Bertz CT molecular complexity index is 713. The molecule has 2 rings (SSSR count). The summed E-state index contributed by atoms with van der Waals surface area (Å²) in [5.41, 5.74) is 0.0865. The van der Waals surface area contributed by atoms with Gasteiger partial charge in [0.1, 0.15) is 0 Å². The average Bonchev–Trinajstić information content (AvgIpc) is 2.78. The standard InChI is InChI=1S/C12H13N3O6S/c16-11(12(17)14-9-5-6-22(20,21)7-9)13-8-1-3-10(4-2-8)15(18)19/h1-4,9H,5-7H2,(H,13,16)(H,14,17). The average molecular weight is 327 g/mol. The molecule has 10 heteroatoms. The summed E-state index contributed by atoms with van der Waals surface area (Å²) in [7, 11) is -3.15. The highest BCUT2D eigenvalue weighted by Gasteiger charge is 2.30. The lowest BCUT2D eigenvalue weighted by molar-refractivity contribution is -0.384. The van der Waals surface area contributed by atoms with Crippen LogP contribution in [0.4, 0.5) is 11.4 Å². The summed E-state index contributed by atoms with van der Waals surface area (Å²) < 4.78 is 22.5. The van der Waals surface area contributed by atoms with Crippen molar-refractivity contribution in [1.29, 1.82) is 0 Å². The lowest BCUT2D eigenvalue weighted by Crippen LogP contribution is -2.42. The molecule has 0 bridgehead atoms. The molecule has 2 amide bonds. The summed E-state index contributed by atoms with van der Waals surface area (Å²) in [4.78, 5) is 33.2. The van der Waals surface area contributed by atoms with Crippen molar-refractivity contribution < 1.29 is 22.9 Å². The lowest BCUT2D eigenvalue weighted by Gasteiger charge is -2.10. The first-order valence-corrected chi connectivity index (χ1v) is 8.16. The Morgan fingerprint density at radius 2 is 1.82 bits per heavy atom. The summed E-state index contributed by atoms with van der Waals surface area (Å²) in [6, 6.07) is 4.40. The first-order valence-electron chi connectivity index (χ1n) is 6.33. The maximum atomic E-state index is 11.7. The van der Waals surface area contributed by atoms with E-state index in [1.165, 1.54) is 24.3 Å². The topological polar surface area (TPSA) is 135 Å². The fourth-order valence-corrected chi connectivity index (χ4v) is 3.69. The van der Waals surface area contributed by atoms with Crippen LogP contribution < -0.4 is 10.6 Å². The van der Waals surface area contributed by atoms with Gasteiger partial charge >= 0.3 is 11.8 Å². The smallest absolute Gasteiger partial charge is 0.313 e. The van der Waals surface area contributed by atoms with E-state index in [1.807, 2.05) is 0 Å². The van der Waals surface area contributed by atoms with Gasteiger partial charge in [-0.25, -0.2) is 8.42 Å². The number of sulfone groups is 1. The second kappa shape index (κ2) is 6.10. The van der Waals surface area contributed by atoms with E-state index in [-0.39, 0.29) is 29.3 Å². The van der Waals surface area contributed by atoms with Crippen LogP contribution in [-0.2, 0) is 19.4 Å². The fraction of sp³-hybridized carbons (Fsp3) is 0.333. The Labute approximate surface area is 125 Å². The molecule has 1 aliphatic rings. The number of rotatable bonds is 3. The molecule has 0 radical (unpaired) electrons. The number of hydrogen-bond donors (Lipinski definition) is 2. The van der Waals surface area contributed by atoms with Crippen molar-refractivity contribution in [3.8, 4) is 0 Å². The lowest BCUT2D eigenvalue weighted by atomic mass is 10.2. The number of benzene rings is 1. The van der Waals surface area contributed by atoms with Crippen LogP contribution in [0.2, 0.25) is 0 Å². The number of carbonyl (C=O) groups is 2. The van der Waals surface area contributed by atoms with Crippen molar-refractivity contribution >= 4 is 33.0 Å². The Hall–Kier alpha value is -2.49. The summed E-state index contributed by atoms with van der Waals surface area (Å²) in [6.07, 6.45) is 0.277. The number of hydrogen-bond acceptors (Lipinski definition) is 6. The molecule has 1 aromatic carbocycles. The predicted octanol–water partition coefficient (Wildman–Crippen LogP) is -0.163. The largest absolute Gasteiger partial charge is 0.344 e. The van der Waals surface area contributed by atoms with Gasteiger partial charge in [-0.1, -0.05) is 0 Å². The van der Waals surface area contributed by atoms with Crippen molar-refractivity contribution in [3.63, 3.8) is 0 Å². The van der Waals surface area contributed by atoms with Crippen LogP contribution in [0.25, 0.3) is 0 Å². The normalized spacial score (nSPS) is 19.4. The maximum Gasteiger partial charge on any atom is 0.313 e. The number of nitrogens with zero attached hydrogens (tertiary/aromatic N) is 1. The molecule has 22 heavy (non-hydrogen) atoms. The minimum Gasteiger partial charge on any atom is -0.344 e. The van der Waals surface area contributed by atoms with Crippen LogP contribution >= 0.6 is 0 Å². The Morgan fingerprint density at radius 1 is 1.18 bits per heavy atom. The molecule has 0 saturated carbocycles. The first-order chi connectivity index (χ1) is 10.3. The second-order valence-corrected chi connectivity index (χ2v) is 7.06. The third-order valence-corrected chi connectivity index (χ3v) is 4.88. The van der Waals surface area contributed by atoms with Crippen LogP contribution in [-0.4, -0.2) is 42.7 Å². The van der Waals surface area contributed by atoms with Crippen molar-refractivity contribution in [3.05, 3.63) is 34.4 Å². The number of amides is 2. The Kier molecular flexibility index (Phi) is 4.40. The zero-order valence-corrected chi connectivity index (χ0v) is 12.1. The molecule has 1 saturated heterocycles. The number of non-ortho nitro benzene ring substituents is 1. The number of carbonyl (C=O) groups excluding carboxylic acids is 2. The van der Waals surface area contributed by atoms with Gasteiger partial charge in [0.15, 0.2) is 9.84 Å². The van der Waals surface area contributed by atoms with Gasteiger partial charge in [0.05, 0.1) is 16.4 Å². The van der Waals surface area contributed by atoms with E-state index >= 15 is 0 Å². The quantitative estimate of drug-likeness (QED) is 0.450. The molecular weight excluding hydrogens is 314 g/mol. The Balaban J connectivity index is 1.91. The van der Waals surface area contributed by atoms with E-state index < -0.39 is 32.6 Å². The third-order valence-electron chi connectivity index (χ3n) is 3.11. The number of nitro benzene ring substituents is 1. The summed E-state index contributed by atoms with van der Waals surface area (Å²) in [5, 5.41) is 15.1. The Morgan fingerprint density at radius 3 is 2.32 bits per heavy atom. The highest BCUT2D eigenvalue weighted by atomic mass is 32.2. The van der Waals surface area contributed by atoms with Crippen LogP contribution in [0, 0.1) is 10.1 Å². The molecular formula is C12H13N3O6S. The summed E-state index contributed by atoms with van der Waals surface area (Å²) >= 11 is 0. The molecule has 9 nitrogen and oxygen atoms in total. The van der Waals surface area contributed by atoms with Crippen molar-refractivity contribution in [2.24, 2.45) is 0 Å². The van der Waals surface area contributed by atoms with Crippen LogP contribution in [0.5, 0.6) is 0 Å². The zero-order valence-electron chi connectivity index (χ0n) is 11.3. The second-order valence-electron chi connectivity index (χ2n) is 4.83. The van der Waals surface area contributed by atoms with E-state index in [2.05, 4.69) is 10.6 Å². The molecule has 0 spiro atoms. The summed E-state index contributed by atoms with van der Waals surface area (Å²) in [6.45, 7) is 0. The first kappa shape index (κ1) is 15.9. The minimum atomic E-state index is -3.15. The van der Waals surface area contributed by atoms with Gasteiger partial charge < -0.3 is 10.6 Å². The predicted molar refractivity (Wildman–Crippen MR) is 76.9 cm³/mol. The highest BCUT2D eigenvalue weighted by molar-refractivity contribution is 7.91. The number of nitrogens with one attached hydrogen (secondary N) is 2. The molecule has 1 atom stereocenters. The minimum absolute atomic E-state index is 0.0120. The van der Waals surface area contributed by atoms with Crippen molar-refractivity contribution in [2.75, 3.05) is 16.8 Å². The molecule has 0 aliphatic carbocycles. The van der Waals surface area contributed by atoms with Gasteiger partial charge in [-0.3, -0.25) is 19.7 Å². The van der Waals surface area contributed by atoms with Crippen LogP contribution in [0.3, 0.4) is 0 Å². The summed E-state index contributed by atoms with van der Waals surface area (Å²) in [5.74, 6) is -2.09. The van der Waals surface area contributed by atoms with Crippen molar-refractivity contribution in [1.82, 2.24) is 5.32 Å². The molecule has 1 aromatic rings. The zero-order chi connectivity index (χ0) is 16.3. The van der Waals surface area contributed by atoms with Gasteiger partial charge in [0.25, 0.3) is 5.69 Å².